The predicted molar refractivity (Wildman–Crippen MR) is 83.3 cm³/mol. The van der Waals surface area contributed by atoms with Crippen molar-refractivity contribution in [3.8, 4) is 11.6 Å². The molecular weight excluding hydrogens is 264 g/mol. The van der Waals surface area contributed by atoms with Gasteiger partial charge in [-0.1, -0.05) is 32.9 Å². The number of ether oxygens (including phenoxy) is 1. The van der Waals surface area contributed by atoms with E-state index < -0.39 is 0 Å². The summed E-state index contributed by atoms with van der Waals surface area (Å²) in [6.07, 6.45) is 0.796. The Morgan fingerprint density at radius 3 is 2.48 bits per heavy atom. The van der Waals surface area contributed by atoms with Crippen LogP contribution in [0, 0.1) is 13.8 Å². The van der Waals surface area contributed by atoms with Gasteiger partial charge in [0, 0.05) is 12.6 Å². The first-order valence-electron chi connectivity index (χ1n) is 7.02. The van der Waals surface area contributed by atoms with Crippen molar-refractivity contribution in [1.29, 1.82) is 0 Å². The maximum Gasteiger partial charge on any atom is 0.228 e. The molecule has 0 aliphatic heterocycles. The second kappa shape index (κ2) is 5.35. The highest BCUT2D eigenvalue weighted by atomic mass is 16.5. The number of hydrogen-bond donors (Lipinski definition) is 0. The van der Waals surface area contributed by atoms with Crippen LogP contribution in [0.25, 0.3) is 0 Å². The van der Waals surface area contributed by atoms with E-state index in [1.807, 2.05) is 13.0 Å². The van der Waals surface area contributed by atoms with E-state index in [0.29, 0.717) is 17.1 Å². The van der Waals surface area contributed by atoms with Gasteiger partial charge in [-0.3, -0.25) is 4.79 Å². The van der Waals surface area contributed by atoms with Crippen molar-refractivity contribution in [2.75, 3.05) is 0 Å². The van der Waals surface area contributed by atoms with E-state index in [1.165, 1.54) is 0 Å². The van der Waals surface area contributed by atoms with E-state index in [9.17, 15) is 4.79 Å². The van der Waals surface area contributed by atoms with Crippen LogP contribution >= 0.6 is 0 Å². The van der Waals surface area contributed by atoms with E-state index in [2.05, 4.69) is 38.0 Å². The van der Waals surface area contributed by atoms with E-state index in [1.54, 1.807) is 18.7 Å². The first-order chi connectivity index (χ1) is 9.74. The number of aryl methyl sites for hydroxylation is 3. The van der Waals surface area contributed by atoms with Gasteiger partial charge in [-0.05, 0) is 30.9 Å². The van der Waals surface area contributed by atoms with Gasteiger partial charge in [0.05, 0.1) is 11.3 Å². The molecule has 2 aromatic rings. The molecular formula is C17H22N2O2. The zero-order valence-corrected chi connectivity index (χ0v) is 13.5. The number of benzene rings is 1. The van der Waals surface area contributed by atoms with Crippen LogP contribution in [0.5, 0.6) is 11.6 Å². The molecule has 1 heterocycles. The molecule has 0 unspecified atom stereocenters. The second-order valence-corrected chi connectivity index (χ2v) is 6.40. The van der Waals surface area contributed by atoms with Gasteiger partial charge in [0.15, 0.2) is 6.29 Å². The van der Waals surface area contributed by atoms with Crippen molar-refractivity contribution in [3.63, 3.8) is 0 Å². The van der Waals surface area contributed by atoms with Crippen LogP contribution in [0.2, 0.25) is 0 Å². The zero-order valence-electron chi connectivity index (χ0n) is 13.5. The summed E-state index contributed by atoms with van der Waals surface area (Å²) in [5.41, 5.74) is 3.34. The van der Waals surface area contributed by atoms with Crippen LogP contribution in [-0.4, -0.2) is 16.1 Å². The number of carbonyl (C=O) groups excluding carboxylic acids is 1. The summed E-state index contributed by atoms with van der Waals surface area (Å²) in [6.45, 7) is 10.2. The average molecular weight is 286 g/mol. The lowest BCUT2D eigenvalue weighted by Crippen LogP contribution is -2.13. The molecule has 0 atom stereocenters. The number of rotatable bonds is 3. The van der Waals surface area contributed by atoms with Gasteiger partial charge < -0.3 is 4.74 Å². The molecule has 0 fully saturated rings. The zero-order chi connectivity index (χ0) is 15.8. The van der Waals surface area contributed by atoms with Gasteiger partial charge in [0.2, 0.25) is 5.88 Å². The molecule has 0 aliphatic carbocycles. The molecule has 2 rings (SSSR count). The van der Waals surface area contributed by atoms with Crippen molar-refractivity contribution in [2.24, 2.45) is 7.05 Å². The lowest BCUT2D eigenvalue weighted by atomic mass is 9.86. The summed E-state index contributed by atoms with van der Waals surface area (Å²) in [7, 11) is 1.78. The molecule has 1 aromatic carbocycles. The number of carbonyl (C=O) groups is 1. The largest absolute Gasteiger partial charge is 0.438 e. The fourth-order valence-electron chi connectivity index (χ4n) is 2.35. The van der Waals surface area contributed by atoms with E-state index in [-0.39, 0.29) is 5.41 Å². The Bertz CT molecular complexity index is 679. The second-order valence-electron chi connectivity index (χ2n) is 6.40. The Kier molecular flexibility index (Phi) is 3.90. The summed E-state index contributed by atoms with van der Waals surface area (Å²) < 4.78 is 7.66. The van der Waals surface area contributed by atoms with Gasteiger partial charge in [-0.25, -0.2) is 4.68 Å². The van der Waals surface area contributed by atoms with Crippen LogP contribution in [-0.2, 0) is 12.5 Å². The highest BCUT2D eigenvalue weighted by Crippen LogP contribution is 2.36. The van der Waals surface area contributed by atoms with Crippen LogP contribution < -0.4 is 4.74 Å². The van der Waals surface area contributed by atoms with E-state index >= 15 is 0 Å². The van der Waals surface area contributed by atoms with Crippen LogP contribution in [0.1, 0.15) is 48.0 Å². The lowest BCUT2D eigenvalue weighted by molar-refractivity contribution is 0.112. The van der Waals surface area contributed by atoms with Gasteiger partial charge in [-0.15, -0.1) is 0 Å². The molecule has 21 heavy (non-hydrogen) atoms. The lowest BCUT2D eigenvalue weighted by Gasteiger charge is -2.23. The van der Waals surface area contributed by atoms with Crippen molar-refractivity contribution in [2.45, 2.75) is 40.0 Å². The summed E-state index contributed by atoms with van der Waals surface area (Å²) in [5.74, 6) is 1.26. The van der Waals surface area contributed by atoms with Crippen molar-refractivity contribution in [3.05, 3.63) is 40.6 Å². The van der Waals surface area contributed by atoms with Crippen LogP contribution in [0.4, 0.5) is 0 Å². The molecule has 0 saturated heterocycles. The molecule has 0 N–H and O–H groups in total. The first kappa shape index (κ1) is 15.3. The maximum atomic E-state index is 11.3. The van der Waals surface area contributed by atoms with Gasteiger partial charge in [0.25, 0.3) is 0 Å². The Hall–Kier alpha value is -2.10. The van der Waals surface area contributed by atoms with Gasteiger partial charge in [-0.2, -0.15) is 5.10 Å². The van der Waals surface area contributed by atoms with Crippen LogP contribution in [0.15, 0.2) is 18.2 Å². The molecule has 4 nitrogen and oxygen atoms in total. The maximum absolute atomic E-state index is 11.3. The standard InChI is InChI=1S/C17H22N2O2/c1-11-7-8-14(17(3,4)5)15(9-11)21-16-13(10-20)12(2)18-19(16)6/h7-10H,1-6H3. The smallest absolute Gasteiger partial charge is 0.228 e. The molecule has 1 aromatic heterocycles. The highest BCUT2D eigenvalue weighted by molar-refractivity contribution is 5.80. The minimum Gasteiger partial charge on any atom is -0.438 e. The molecule has 0 amide bonds. The third-order valence-corrected chi connectivity index (χ3v) is 3.48. The van der Waals surface area contributed by atoms with Gasteiger partial charge in [0.1, 0.15) is 5.75 Å². The molecule has 112 valence electrons. The molecule has 0 radical (unpaired) electrons. The third kappa shape index (κ3) is 2.99. The molecule has 0 spiro atoms. The topological polar surface area (TPSA) is 44.1 Å². The third-order valence-electron chi connectivity index (χ3n) is 3.48. The summed E-state index contributed by atoms with van der Waals surface area (Å²) in [6, 6.07) is 6.15. The number of aromatic nitrogens is 2. The SMILES string of the molecule is Cc1ccc(C(C)(C)C)c(Oc2c(C=O)c(C)nn2C)c1. The van der Waals surface area contributed by atoms with Crippen molar-refractivity contribution < 1.29 is 9.53 Å². The number of nitrogens with zero attached hydrogens (tertiary/aromatic N) is 2. The first-order valence-corrected chi connectivity index (χ1v) is 7.02. The minimum absolute atomic E-state index is 0.0436. The Morgan fingerprint density at radius 1 is 1.24 bits per heavy atom. The molecule has 4 heteroatoms. The Balaban J connectivity index is 2.54. The van der Waals surface area contributed by atoms with Crippen molar-refractivity contribution in [1.82, 2.24) is 9.78 Å². The normalized spacial score (nSPS) is 11.5. The fraction of sp³-hybridized carbons (Fsp3) is 0.412. The quantitative estimate of drug-likeness (QED) is 0.803. The minimum atomic E-state index is -0.0436. The molecule has 0 bridgehead atoms. The summed E-state index contributed by atoms with van der Waals surface area (Å²) in [4.78, 5) is 11.3. The summed E-state index contributed by atoms with van der Waals surface area (Å²) >= 11 is 0. The average Bonchev–Trinajstić information content (AvgIpc) is 2.62. The van der Waals surface area contributed by atoms with E-state index in [4.69, 9.17) is 4.74 Å². The summed E-state index contributed by atoms with van der Waals surface area (Å²) in [5, 5.41) is 4.25. The Labute approximate surface area is 125 Å². The van der Waals surface area contributed by atoms with Crippen molar-refractivity contribution >= 4 is 6.29 Å². The fourth-order valence-corrected chi connectivity index (χ4v) is 2.35. The Morgan fingerprint density at radius 2 is 1.90 bits per heavy atom. The van der Waals surface area contributed by atoms with E-state index in [0.717, 1.165) is 23.2 Å². The van der Waals surface area contributed by atoms with Crippen LogP contribution in [0.3, 0.4) is 0 Å². The predicted octanol–water partition coefficient (Wildman–Crippen LogP) is 3.94. The number of hydrogen-bond acceptors (Lipinski definition) is 3. The highest BCUT2D eigenvalue weighted by Gasteiger charge is 2.22. The monoisotopic (exact) mass is 286 g/mol. The van der Waals surface area contributed by atoms with Gasteiger partial charge >= 0.3 is 0 Å². The molecule has 0 aliphatic rings. The number of aldehydes is 1. The molecule has 0 saturated carbocycles.